The van der Waals surface area contributed by atoms with Crippen molar-refractivity contribution in [3.05, 3.63) is 102 Å². The Morgan fingerprint density at radius 1 is 0.927 bits per heavy atom. The molecule has 0 radical (unpaired) electrons. The summed E-state index contributed by atoms with van der Waals surface area (Å²) in [5, 5.41) is 24.6. The average molecular weight is 754 g/mol. The molecule has 0 aliphatic carbocycles. The van der Waals surface area contributed by atoms with Gasteiger partial charge in [0.1, 0.15) is 18.7 Å². The number of hydrogen-bond donors (Lipinski definition) is 6. The third kappa shape index (κ3) is 12.6. The Kier molecular flexibility index (Phi) is 15.2. The average Bonchev–Trinajstić information content (AvgIpc) is 3.84. The summed E-state index contributed by atoms with van der Waals surface area (Å²) in [4.78, 5) is 63.7. The van der Waals surface area contributed by atoms with Crippen molar-refractivity contribution in [2.45, 2.75) is 95.7 Å². The van der Waals surface area contributed by atoms with E-state index in [9.17, 15) is 24.3 Å². The van der Waals surface area contributed by atoms with E-state index >= 15 is 0 Å². The number of aliphatic hydroxyl groups excluding tert-OH is 1. The molecule has 0 saturated carbocycles. The van der Waals surface area contributed by atoms with Gasteiger partial charge in [-0.1, -0.05) is 86.6 Å². The van der Waals surface area contributed by atoms with Gasteiger partial charge in [0.25, 0.3) is 0 Å². The Morgan fingerprint density at radius 2 is 1.65 bits per heavy atom. The lowest BCUT2D eigenvalue weighted by molar-refractivity contribution is -0.131. The SMILES string of the molecule is CC(C)CC(NC(=O)C(Cc1cnc[nH]1)NC(=O)C(Cc1cccc2ccccc12)NC(=O)OCc1ccccc1)C(O)CC(=O)NCCC1CCCN1C. The molecule has 13 nitrogen and oxygen atoms in total. The van der Waals surface area contributed by atoms with Crippen LogP contribution in [-0.2, 0) is 38.6 Å². The number of nitrogens with zero attached hydrogens (tertiary/aromatic N) is 2. The van der Waals surface area contributed by atoms with E-state index in [0.717, 1.165) is 47.7 Å². The molecule has 4 aromatic rings. The van der Waals surface area contributed by atoms with Gasteiger partial charge >= 0.3 is 6.09 Å². The fourth-order valence-corrected chi connectivity index (χ4v) is 7.13. The van der Waals surface area contributed by atoms with Crippen LogP contribution in [0.2, 0.25) is 0 Å². The molecule has 3 aromatic carbocycles. The second kappa shape index (κ2) is 20.4. The van der Waals surface area contributed by atoms with E-state index in [1.54, 1.807) is 6.20 Å². The number of rotatable bonds is 19. The van der Waals surface area contributed by atoms with Gasteiger partial charge in [0.15, 0.2) is 0 Å². The number of aliphatic hydroxyl groups is 1. The Balaban J connectivity index is 1.30. The number of ether oxygens (including phenoxy) is 1. The largest absolute Gasteiger partial charge is 0.445 e. The Labute approximate surface area is 323 Å². The van der Waals surface area contributed by atoms with Gasteiger partial charge in [-0.25, -0.2) is 9.78 Å². The molecule has 6 N–H and O–H groups in total. The number of likely N-dealkylation sites (tertiary alicyclic amines) is 1. The summed E-state index contributed by atoms with van der Waals surface area (Å²) in [6.45, 7) is 5.50. The molecule has 1 aromatic heterocycles. The van der Waals surface area contributed by atoms with Crippen molar-refractivity contribution in [2.75, 3.05) is 20.1 Å². The normalized spacial score (nSPS) is 16.6. The molecule has 4 amide bonds. The monoisotopic (exact) mass is 753 g/mol. The minimum Gasteiger partial charge on any atom is -0.445 e. The van der Waals surface area contributed by atoms with Gasteiger partial charge in [0.2, 0.25) is 17.7 Å². The highest BCUT2D eigenvalue weighted by Crippen LogP contribution is 2.21. The molecule has 13 heteroatoms. The van der Waals surface area contributed by atoms with Gasteiger partial charge in [0.05, 0.1) is 24.9 Å². The van der Waals surface area contributed by atoms with E-state index in [1.807, 2.05) is 86.6 Å². The molecule has 1 fully saturated rings. The minimum atomic E-state index is -1.16. The Morgan fingerprint density at radius 3 is 2.38 bits per heavy atom. The number of carbonyl (C=O) groups excluding carboxylic acids is 4. The predicted molar refractivity (Wildman–Crippen MR) is 211 cm³/mol. The molecular formula is C42H55N7O6. The summed E-state index contributed by atoms with van der Waals surface area (Å²) in [7, 11) is 2.09. The van der Waals surface area contributed by atoms with Crippen LogP contribution in [0, 0.1) is 5.92 Å². The van der Waals surface area contributed by atoms with Crippen molar-refractivity contribution >= 4 is 34.6 Å². The number of alkyl carbamates (subject to hydrolysis) is 1. The number of H-pyrrole nitrogens is 1. The molecule has 55 heavy (non-hydrogen) atoms. The number of hydrogen-bond acceptors (Lipinski definition) is 8. The van der Waals surface area contributed by atoms with Crippen LogP contribution in [0.1, 0.15) is 62.8 Å². The van der Waals surface area contributed by atoms with Crippen LogP contribution in [-0.4, -0.2) is 94.2 Å². The van der Waals surface area contributed by atoms with Gasteiger partial charge in [-0.15, -0.1) is 0 Å². The van der Waals surface area contributed by atoms with E-state index < -0.39 is 42.1 Å². The molecule has 5 unspecified atom stereocenters. The number of aromatic amines is 1. The summed E-state index contributed by atoms with van der Waals surface area (Å²) >= 11 is 0. The number of benzene rings is 3. The van der Waals surface area contributed by atoms with Crippen LogP contribution in [0.3, 0.4) is 0 Å². The molecule has 1 saturated heterocycles. The standard InChI is InChI=1S/C42H55N7O6/c1-28(2)21-35(38(50)24-39(51)44-19-18-33-16-10-20-49(33)3)46-41(53)37(23-32-25-43-27-45-32)47-40(52)36(48-42(54)55-26-29-11-5-4-6-12-29)22-31-15-9-14-30-13-7-8-17-34(30)31/h4-9,11-15,17,25,27-28,33,35-38,50H,10,16,18-24,26H2,1-3H3,(H,43,45)(H,44,51)(H,46,53)(H,47,52)(H,48,54). The highest BCUT2D eigenvalue weighted by molar-refractivity contribution is 5.93. The topological polar surface area (TPSA) is 178 Å². The highest BCUT2D eigenvalue weighted by Gasteiger charge is 2.32. The number of imidazole rings is 1. The predicted octanol–water partition coefficient (Wildman–Crippen LogP) is 4.01. The molecule has 0 spiro atoms. The van der Waals surface area contributed by atoms with E-state index in [1.165, 1.54) is 6.33 Å². The molecule has 1 aliphatic heterocycles. The van der Waals surface area contributed by atoms with Crippen molar-refractivity contribution in [1.29, 1.82) is 0 Å². The quantitative estimate of drug-likeness (QED) is 0.0832. The number of fused-ring (bicyclic) bond motifs is 1. The van der Waals surface area contributed by atoms with Gasteiger partial charge in [-0.05, 0) is 67.1 Å². The number of nitrogens with one attached hydrogen (secondary N) is 5. The number of amides is 4. The summed E-state index contributed by atoms with van der Waals surface area (Å²) in [6, 6.07) is 20.2. The lowest BCUT2D eigenvalue weighted by Gasteiger charge is -2.29. The first-order valence-corrected chi connectivity index (χ1v) is 19.2. The first-order valence-electron chi connectivity index (χ1n) is 19.2. The van der Waals surface area contributed by atoms with Crippen molar-refractivity contribution in [3.8, 4) is 0 Å². The van der Waals surface area contributed by atoms with Gasteiger partial charge < -0.3 is 41.0 Å². The summed E-state index contributed by atoms with van der Waals surface area (Å²) < 4.78 is 5.49. The van der Waals surface area contributed by atoms with Crippen LogP contribution in [0.15, 0.2) is 85.3 Å². The maximum absolute atomic E-state index is 14.2. The van der Waals surface area contributed by atoms with Crippen LogP contribution in [0.5, 0.6) is 0 Å². The smallest absolute Gasteiger partial charge is 0.408 e. The zero-order valence-corrected chi connectivity index (χ0v) is 32.0. The van der Waals surface area contributed by atoms with Crippen molar-refractivity contribution in [2.24, 2.45) is 5.92 Å². The van der Waals surface area contributed by atoms with Crippen molar-refractivity contribution < 1.29 is 29.0 Å². The van der Waals surface area contributed by atoms with E-state index in [4.69, 9.17) is 4.74 Å². The molecule has 5 rings (SSSR count). The maximum atomic E-state index is 14.2. The van der Waals surface area contributed by atoms with Gasteiger partial charge in [-0.3, -0.25) is 14.4 Å². The molecular weight excluding hydrogens is 699 g/mol. The summed E-state index contributed by atoms with van der Waals surface area (Å²) in [6.07, 6.45) is 4.57. The second-order valence-corrected chi connectivity index (χ2v) is 14.9. The molecule has 2 heterocycles. The molecule has 1 aliphatic rings. The third-order valence-corrected chi connectivity index (χ3v) is 10.1. The second-order valence-electron chi connectivity index (χ2n) is 14.9. The van der Waals surface area contributed by atoms with Crippen molar-refractivity contribution in [1.82, 2.24) is 36.1 Å². The lowest BCUT2D eigenvalue weighted by Crippen LogP contribution is -2.57. The lowest BCUT2D eigenvalue weighted by atomic mass is 9.96. The van der Waals surface area contributed by atoms with Gasteiger partial charge in [-0.2, -0.15) is 0 Å². The minimum absolute atomic E-state index is 0.00951. The maximum Gasteiger partial charge on any atom is 0.408 e. The zero-order chi connectivity index (χ0) is 39.2. The third-order valence-electron chi connectivity index (χ3n) is 10.1. The fourth-order valence-electron chi connectivity index (χ4n) is 7.13. The molecule has 0 bridgehead atoms. The zero-order valence-electron chi connectivity index (χ0n) is 32.0. The van der Waals surface area contributed by atoms with Crippen molar-refractivity contribution in [3.63, 3.8) is 0 Å². The first-order chi connectivity index (χ1) is 26.5. The molecule has 5 atom stereocenters. The van der Waals surface area contributed by atoms with Crippen LogP contribution in [0.4, 0.5) is 4.79 Å². The van der Waals surface area contributed by atoms with Crippen LogP contribution >= 0.6 is 0 Å². The Bertz CT molecular complexity index is 1830. The first kappa shape index (κ1) is 40.9. The van der Waals surface area contributed by atoms with Gasteiger partial charge in [0, 0.05) is 37.3 Å². The van der Waals surface area contributed by atoms with Crippen LogP contribution < -0.4 is 21.3 Å². The van der Waals surface area contributed by atoms with E-state index in [2.05, 4.69) is 43.2 Å². The summed E-state index contributed by atoms with van der Waals surface area (Å²) in [5.74, 6) is -1.36. The number of carbonyl (C=O) groups is 4. The summed E-state index contributed by atoms with van der Waals surface area (Å²) in [5.41, 5.74) is 2.20. The fraction of sp³-hybridized carbons (Fsp3) is 0.452. The molecule has 294 valence electrons. The van der Waals surface area contributed by atoms with E-state index in [0.29, 0.717) is 24.7 Å². The van der Waals surface area contributed by atoms with E-state index in [-0.39, 0.29) is 37.7 Å². The Hall–Kier alpha value is -5.27. The number of aromatic nitrogens is 2. The highest BCUT2D eigenvalue weighted by atomic mass is 16.5. The van der Waals surface area contributed by atoms with Crippen LogP contribution in [0.25, 0.3) is 10.8 Å².